The lowest BCUT2D eigenvalue weighted by molar-refractivity contribution is 0.251. The van der Waals surface area contributed by atoms with E-state index in [1.807, 2.05) is 52.1 Å². The number of hydrogen-bond acceptors (Lipinski definition) is 2. The average Bonchev–Trinajstić information content (AvgIpc) is 3.57. The van der Waals surface area contributed by atoms with Gasteiger partial charge in [0.2, 0.25) is 0 Å². The Morgan fingerprint density at radius 2 is 1.59 bits per heavy atom. The van der Waals surface area contributed by atoms with Crippen molar-refractivity contribution in [1.29, 1.82) is 0 Å². The van der Waals surface area contributed by atoms with Gasteiger partial charge in [-0.3, -0.25) is 0 Å². The quantitative estimate of drug-likeness (QED) is 0.546. The van der Waals surface area contributed by atoms with Crippen molar-refractivity contribution in [2.75, 3.05) is 18.9 Å². The summed E-state index contributed by atoms with van der Waals surface area (Å²) in [5, 5.41) is 8.57. The van der Waals surface area contributed by atoms with Gasteiger partial charge in [0, 0.05) is 12.2 Å². The molecule has 0 radical (unpaired) electrons. The van der Waals surface area contributed by atoms with Crippen LogP contribution in [0, 0.1) is 18.7 Å². The highest BCUT2D eigenvalue weighted by Gasteiger charge is 2.19. The van der Waals surface area contributed by atoms with Crippen molar-refractivity contribution in [2.45, 2.75) is 40.2 Å². The summed E-state index contributed by atoms with van der Waals surface area (Å²) in [5.74, 6) is 0.753. The van der Waals surface area contributed by atoms with Gasteiger partial charge in [-0.25, -0.2) is 9.18 Å². The second-order valence-electron chi connectivity index (χ2n) is 6.30. The van der Waals surface area contributed by atoms with Crippen molar-refractivity contribution in [2.24, 2.45) is 5.92 Å². The van der Waals surface area contributed by atoms with Crippen LogP contribution >= 0.6 is 0 Å². The van der Waals surface area contributed by atoms with E-state index in [0.29, 0.717) is 6.54 Å². The summed E-state index contributed by atoms with van der Waals surface area (Å²) >= 11 is 0. The van der Waals surface area contributed by atoms with E-state index >= 15 is 0 Å². The van der Waals surface area contributed by atoms with E-state index in [-0.39, 0.29) is 11.8 Å². The maximum absolute atomic E-state index is 12.7. The van der Waals surface area contributed by atoms with Crippen LogP contribution in [0.3, 0.4) is 0 Å². The molecule has 160 valence electrons. The van der Waals surface area contributed by atoms with E-state index in [1.165, 1.54) is 31.5 Å². The molecular weight excluding hydrogens is 365 g/mol. The maximum Gasteiger partial charge on any atom is 0.319 e. The average molecular weight is 402 g/mol. The van der Waals surface area contributed by atoms with Gasteiger partial charge < -0.3 is 16.0 Å². The number of carbonyl (C=O) groups excluding carboxylic acids is 1. The Kier molecular flexibility index (Phi) is 14.8. The minimum absolute atomic E-state index is 0.284. The third-order valence-corrected chi connectivity index (χ3v) is 3.87. The van der Waals surface area contributed by atoms with Gasteiger partial charge in [0.1, 0.15) is 5.82 Å². The normalized spacial score (nSPS) is 11.3. The van der Waals surface area contributed by atoms with Crippen molar-refractivity contribution in [3.8, 4) is 0 Å². The molecule has 1 aliphatic carbocycles. The number of carbonyl (C=O) groups is 1. The van der Waals surface area contributed by atoms with Crippen LogP contribution in [0.4, 0.5) is 14.9 Å². The van der Waals surface area contributed by atoms with Gasteiger partial charge in [-0.05, 0) is 69.1 Å². The number of anilines is 1. The molecule has 1 aliphatic rings. The molecule has 2 aromatic rings. The summed E-state index contributed by atoms with van der Waals surface area (Å²) < 4.78 is 12.7. The highest BCUT2D eigenvalue weighted by Crippen LogP contribution is 2.27. The zero-order valence-electron chi connectivity index (χ0n) is 18.2. The van der Waals surface area contributed by atoms with E-state index in [4.69, 9.17) is 0 Å². The molecule has 0 aliphatic heterocycles. The molecule has 3 N–H and O–H groups in total. The number of rotatable bonds is 5. The molecule has 29 heavy (non-hydrogen) atoms. The van der Waals surface area contributed by atoms with Crippen LogP contribution in [-0.4, -0.2) is 19.6 Å². The first kappa shape index (κ1) is 26.3. The summed E-state index contributed by atoms with van der Waals surface area (Å²) in [6, 6.07) is 13.3. The molecule has 0 unspecified atom stereocenters. The van der Waals surface area contributed by atoms with E-state index < -0.39 is 0 Å². The molecular formula is C24H36FN3O. The minimum Gasteiger partial charge on any atom is -0.334 e. The number of hydrogen-bond donors (Lipinski definition) is 3. The molecule has 5 heteroatoms. The Morgan fingerprint density at radius 1 is 1.03 bits per heavy atom. The number of amides is 2. The predicted molar refractivity (Wildman–Crippen MR) is 123 cm³/mol. The van der Waals surface area contributed by atoms with Crippen molar-refractivity contribution < 1.29 is 9.18 Å². The van der Waals surface area contributed by atoms with Crippen LogP contribution in [0.2, 0.25) is 0 Å². The molecule has 0 spiro atoms. The second-order valence-corrected chi connectivity index (χ2v) is 6.30. The first-order valence-electron chi connectivity index (χ1n) is 10.1. The summed E-state index contributed by atoms with van der Waals surface area (Å²) in [5.41, 5.74) is 2.72. The number of benzene rings is 2. The molecule has 4 nitrogen and oxygen atoms in total. The smallest absolute Gasteiger partial charge is 0.319 e. The molecule has 3 rings (SSSR count). The summed E-state index contributed by atoms with van der Waals surface area (Å²) in [6.07, 6.45) is 2.92. The predicted octanol–water partition coefficient (Wildman–Crippen LogP) is 5.90. The monoisotopic (exact) mass is 401 g/mol. The van der Waals surface area contributed by atoms with E-state index in [1.54, 1.807) is 12.1 Å². The topological polar surface area (TPSA) is 53.2 Å². The zero-order valence-corrected chi connectivity index (χ0v) is 18.2. The summed E-state index contributed by atoms with van der Waals surface area (Å²) in [6.45, 7) is 13.6. The Balaban J connectivity index is 0.000000654. The third-order valence-electron chi connectivity index (χ3n) is 3.87. The molecule has 1 fully saturated rings. The minimum atomic E-state index is -0.284. The Labute approximate surface area is 175 Å². The largest absolute Gasteiger partial charge is 0.334 e. The van der Waals surface area contributed by atoms with Crippen molar-refractivity contribution in [1.82, 2.24) is 10.6 Å². The van der Waals surface area contributed by atoms with Crippen molar-refractivity contribution in [3.63, 3.8) is 0 Å². The van der Waals surface area contributed by atoms with Gasteiger partial charge in [0.05, 0.1) is 0 Å². The molecule has 0 saturated heterocycles. The van der Waals surface area contributed by atoms with Crippen LogP contribution in [0.25, 0.3) is 0 Å². The van der Waals surface area contributed by atoms with Crippen LogP contribution < -0.4 is 16.0 Å². The standard InChI is InChI=1S/C15H15FN2O.C5H11N.C2H6.C2H4/c1-11-2-8-14(9-3-11)18-15(19)17-10-12-4-6-13(16)7-5-12;1-6-4-5-2-3-5;2*1-2/h2-9H,10H2,1H3,(H2,17,18,19);5-6H,2-4H2,1H3;1-2H3;1-2H2. The lowest BCUT2D eigenvalue weighted by atomic mass is 10.2. The molecule has 0 bridgehead atoms. The van der Waals surface area contributed by atoms with Crippen LogP contribution in [0.1, 0.15) is 37.8 Å². The van der Waals surface area contributed by atoms with Crippen molar-refractivity contribution >= 4 is 11.7 Å². The lowest BCUT2D eigenvalue weighted by Gasteiger charge is -2.08. The van der Waals surface area contributed by atoms with Crippen LogP contribution in [-0.2, 0) is 6.54 Å². The lowest BCUT2D eigenvalue weighted by Crippen LogP contribution is -2.28. The molecule has 1 saturated carbocycles. The fourth-order valence-electron chi connectivity index (χ4n) is 2.21. The number of urea groups is 1. The molecule has 0 heterocycles. The van der Waals surface area contributed by atoms with Gasteiger partial charge in [-0.15, -0.1) is 13.2 Å². The Bertz CT molecular complexity index is 668. The van der Waals surface area contributed by atoms with Gasteiger partial charge >= 0.3 is 6.03 Å². The summed E-state index contributed by atoms with van der Waals surface area (Å²) in [7, 11) is 2.01. The molecule has 2 aromatic carbocycles. The van der Waals surface area contributed by atoms with E-state index in [2.05, 4.69) is 29.1 Å². The van der Waals surface area contributed by atoms with Gasteiger partial charge in [-0.1, -0.05) is 43.7 Å². The van der Waals surface area contributed by atoms with Gasteiger partial charge in [0.25, 0.3) is 0 Å². The number of aryl methyl sites for hydroxylation is 1. The van der Waals surface area contributed by atoms with Crippen molar-refractivity contribution in [3.05, 3.63) is 78.6 Å². The van der Waals surface area contributed by atoms with Crippen LogP contribution in [0.5, 0.6) is 0 Å². The highest BCUT2D eigenvalue weighted by molar-refractivity contribution is 5.89. The first-order valence-corrected chi connectivity index (χ1v) is 10.1. The molecule has 2 amide bonds. The number of halogens is 1. The fourth-order valence-corrected chi connectivity index (χ4v) is 2.21. The molecule has 0 aromatic heterocycles. The van der Waals surface area contributed by atoms with E-state index in [9.17, 15) is 9.18 Å². The third kappa shape index (κ3) is 13.2. The fraction of sp³-hybridized carbons (Fsp3) is 0.375. The van der Waals surface area contributed by atoms with Gasteiger partial charge in [0.15, 0.2) is 0 Å². The van der Waals surface area contributed by atoms with E-state index in [0.717, 1.165) is 22.7 Å². The Hall–Kier alpha value is -2.66. The SMILES string of the molecule is C=C.CC.CNCC1CC1.Cc1ccc(NC(=O)NCc2ccc(F)cc2)cc1. The Morgan fingerprint density at radius 3 is 2.03 bits per heavy atom. The summed E-state index contributed by atoms with van der Waals surface area (Å²) in [4.78, 5) is 11.6. The maximum atomic E-state index is 12.7. The van der Waals surface area contributed by atoms with Gasteiger partial charge in [-0.2, -0.15) is 0 Å². The number of nitrogens with one attached hydrogen (secondary N) is 3. The first-order chi connectivity index (χ1) is 14.1. The zero-order chi connectivity index (χ0) is 22.1. The second kappa shape index (κ2) is 16.3. The van der Waals surface area contributed by atoms with Crippen LogP contribution in [0.15, 0.2) is 61.7 Å². The highest BCUT2D eigenvalue weighted by atomic mass is 19.1. The molecule has 0 atom stereocenters.